The number of H-pyrrole nitrogens is 1. The third-order valence-electron chi connectivity index (χ3n) is 8.03. The molecular formula is C32H30FN5O5. The van der Waals surface area contributed by atoms with Crippen LogP contribution in [0.5, 0.6) is 0 Å². The number of hydrogen-bond donors (Lipinski definition) is 4. The number of carbonyl (C=O) groups is 4. The van der Waals surface area contributed by atoms with E-state index in [9.17, 15) is 24.3 Å². The van der Waals surface area contributed by atoms with Gasteiger partial charge in [0.05, 0.1) is 5.69 Å². The third kappa shape index (κ3) is 5.53. The fourth-order valence-electron chi connectivity index (χ4n) is 5.92. The van der Waals surface area contributed by atoms with Crippen molar-refractivity contribution in [2.75, 3.05) is 23.3 Å². The number of aromatic nitrogens is 1. The van der Waals surface area contributed by atoms with Crippen LogP contribution in [-0.4, -0.2) is 57.9 Å². The summed E-state index contributed by atoms with van der Waals surface area (Å²) in [5.74, 6) is -1.34. The molecule has 2 atom stereocenters. The lowest BCUT2D eigenvalue weighted by Gasteiger charge is -2.28. The largest absolute Gasteiger partial charge is 0.465 e. The van der Waals surface area contributed by atoms with E-state index in [2.05, 4.69) is 15.6 Å². The van der Waals surface area contributed by atoms with Gasteiger partial charge >= 0.3 is 6.09 Å². The fourth-order valence-corrected chi connectivity index (χ4v) is 5.92. The average molecular weight is 584 g/mol. The highest BCUT2D eigenvalue weighted by Crippen LogP contribution is 2.33. The lowest BCUT2D eigenvalue weighted by Crippen LogP contribution is -2.48. The smallest absolute Gasteiger partial charge is 0.405 e. The summed E-state index contributed by atoms with van der Waals surface area (Å²) in [7, 11) is 0. The molecule has 6 rings (SSSR count). The van der Waals surface area contributed by atoms with E-state index < -0.39 is 35.8 Å². The van der Waals surface area contributed by atoms with Crippen LogP contribution in [-0.2, 0) is 14.4 Å². The molecule has 3 heterocycles. The van der Waals surface area contributed by atoms with Gasteiger partial charge < -0.3 is 30.5 Å². The molecule has 2 fully saturated rings. The summed E-state index contributed by atoms with van der Waals surface area (Å²) >= 11 is 0. The van der Waals surface area contributed by atoms with Crippen LogP contribution >= 0.6 is 0 Å². The van der Waals surface area contributed by atoms with Crippen molar-refractivity contribution in [1.29, 1.82) is 0 Å². The summed E-state index contributed by atoms with van der Waals surface area (Å²) in [6.07, 6.45) is 0.999. The number of nitrogens with zero attached hydrogens (tertiary/aromatic N) is 2. The van der Waals surface area contributed by atoms with Crippen molar-refractivity contribution in [3.05, 3.63) is 84.2 Å². The molecule has 0 saturated carbocycles. The zero-order chi connectivity index (χ0) is 30.1. The average Bonchev–Trinajstić information content (AvgIpc) is 3.75. The van der Waals surface area contributed by atoms with Crippen LogP contribution in [0, 0.1) is 5.82 Å². The highest BCUT2D eigenvalue weighted by Gasteiger charge is 2.38. The fraction of sp³-hybridized carbons (Fsp3) is 0.250. The highest BCUT2D eigenvalue weighted by molar-refractivity contribution is 6.01. The molecule has 220 valence electrons. The van der Waals surface area contributed by atoms with Gasteiger partial charge in [0.25, 0.3) is 5.91 Å². The number of halogens is 1. The van der Waals surface area contributed by atoms with Crippen molar-refractivity contribution in [3.63, 3.8) is 0 Å². The monoisotopic (exact) mass is 583 g/mol. The van der Waals surface area contributed by atoms with Gasteiger partial charge in [0, 0.05) is 47.4 Å². The molecule has 0 radical (unpaired) electrons. The summed E-state index contributed by atoms with van der Waals surface area (Å²) in [5, 5.41) is 14.7. The van der Waals surface area contributed by atoms with E-state index in [-0.39, 0.29) is 5.91 Å². The Morgan fingerprint density at radius 3 is 2.44 bits per heavy atom. The summed E-state index contributed by atoms with van der Waals surface area (Å²) in [6, 6.07) is 18.5. The van der Waals surface area contributed by atoms with Gasteiger partial charge in [-0.1, -0.05) is 42.5 Å². The maximum Gasteiger partial charge on any atom is 0.405 e. The molecule has 2 saturated heterocycles. The van der Waals surface area contributed by atoms with Crippen LogP contribution < -0.4 is 15.5 Å². The summed E-state index contributed by atoms with van der Waals surface area (Å²) in [4.78, 5) is 56.6. The predicted octanol–water partition coefficient (Wildman–Crippen LogP) is 5.04. The van der Waals surface area contributed by atoms with E-state index in [1.165, 1.54) is 4.90 Å². The molecule has 43 heavy (non-hydrogen) atoms. The van der Waals surface area contributed by atoms with Crippen LogP contribution in [0.1, 0.15) is 37.3 Å². The van der Waals surface area contributed by atoms with Gasteiger partial charge in [-0.2, -0.15) is 0 Å². The maximum absolute atomic E-state index is 15.6. The van der Waals surface area contributed by atoms with E-state index in [1.54, 1.807) is 77.7 Å². The van der Waals surface area contributed by atoms with Crippen molar-refractivity contribution < 1.29 is 28.7 Å². The molecule has 1 aromatic heterocycles. The molecular weight excluding hydrogens is 553 g/mol. The first kappa shape index (κ1) is 28.0. The van der Waals surface area contributed by atoms with Gasteiger partial charge in [0.2, 0.25) is 11.8 Å². The second-order valence-corrected chi connectivity index (χ2v) is 10.7. The van der Waals surface area contributed by atoms with Gasteiger partial charge in [-0.3, -0.25) is 14.4 Å². The quantitative estimate of drug-likeness (QED) is 0.242. The SMILES string of the molecule is O=C(O)NC(C(=O)N1CCC[C@H]1C(=O)Nc1ccc2[nH]c(-c3ccc(N4CCCC4=O)cc3)c(F)c2c1)c1ccccc1. The van der Waals surface area contributed by atoms with Crippen molar-refractivity contribution >= 4 is 46.1 Å². The highest BCUT2D eigenvalue weighted by atomic mass is 19.1. The molecule has 3 aromatic carbocycles. The Kier molecular flexibility index (Phi) is 7.54. The Hall–Kier alpha value is -5.19. The van der Waals surface area contributed by atoms with Crippen molar-refractivity contribution in [3.8, 4) is 11.3 Å². The molecule has 4 aromatic rings. The Labute approximate surface area is 246 Å². The number of aromatic amines is 1. The lowest BCUT2D eigenvalue weighted by atomic mass is 10.0. The summed E-state index contributed by atoms with van der Waals surface area (Å²) in [5.41, 5.74) is 3.09. The van der Waals surface area contributed by atoms with Crippen molar-refractivity contribution in [2.24, 2.45) is 0 Å². The van der Waals surface area contributed by atoms with Crippen molar-refractivity contribution in [2.45, 2.75) is 37.8 Å². The van der Waals surface area contributed by atoms with E-state index in [0.717, 1.165) is 12.1 Å². The number of nitrogens with one attached hydrogen (secondary N) is 3. The number of carbonyl (C=O) groups excluding carboxylic acids is 3. The molecule has 4 amide bonds. The topological polar surface area (TPSA) is 135 Å². The first-order valence-electron chi connectivity index (χ1n) is 14.2. The van der Waals surface area contributed by atoms with Gasteiger partial charge in [-0.25, -0.2) is 9.18 Å². The van der Waals surface area contributed by atoms with E-state index in [4.69, 9.17) is 0 Å². The minimum atomic E-state index is -1.35. The number of amides is 4. The molecule has 0 aliphatic carbocycles. The Morgan fingerprint density at radius 1 is 0.977 bits per heavy atom. The van der Waals surface area contributed by atoms with E-state index >= 15 is 4.39 Å². The Bertz CT molecular complexity index is 1700. The Balaban J connectivity index is 1.19. The van der Waals surface area contributed by atoms with Crippen molar-refractivity contribution in [1.82, 2.24) is 15.2 Å². The minimum Gasteiger partial charge on any atom is -0.465 e. The van der Waals surface area contributed by atoms with Crippen LogP contribution in [0.25, 0.3) is 22.2 Å². The number of carboxylic acid groups (broad SMARTS) is 1. The zero-order valence-corrected chi connectivity index (χ0v) is 23.2. The normalized spacial score (nSPS) is 17.3. The van der Waals surface area contributed by atoms with Crippen LogP contribution in [0.2, 0.25) is 0 Å². The minimum absolute atomic E-state index is 0.0807. The number of hydrogen-bond acceptors (Lipinski definition) is 4. The predicted molar refractivity (Wildman–Crippen MR) is 159 cm³/mol. The summed E-state index contributed by atoms with van der Waals surface area (Å²) in [6.45, 7) is 0.980. The summed E-state index contributed by atoms with van der Waals surface area (Å²) < 4.78 is 15.6. The molecule has 2 aliphatic heterocycles. The third-order valence-corrected chi connectivity index (χ3v) is 8.03. The molecule has 4 N–H and O–H groups in total. The number of likely N-dealkylation sites (tertiary alicyclic amines) is 1. The molecule has 1 unspecified atom stereocenters. The number of benzene rings is 3. The second-order valence-electron chi connectivity index (χ2n) is 10.7. The second kappa shape index (κ2) is 11.6. The van der Waals surface area contributed by atoms with Crippen LogP contribution in [0.3, 0.4) is 0 Å². The molecule has 2 aliphatic rings. The van der Waals surface area contributed by atoms with E-state index in [0.29, 0.717) is 65.8 Å². The number of rotatable bonds is 7. The van der Waals surface area contributed by atoms with Gasteiger partial charge in [0.1, 0.15) is 12.1 Å². The van der Waals surface area contributed by atoms with E-state index in [1.807, 2.05) is 0 Å². The first-order chi connectivity index (χ1) is 20.8. The molecule has 0 spiro atoms. The maximum atomic E-state index is 15.6. The molecule has 0 bridgehead atoms. The van der Waals surface area contributed by atoms with Gasteiger partial charge in [-0.05, 0) is 55.2 Å². The van der Waals surface area contributed by atoms with Gasteiger partial charge in [-0.15, -0.1) is 0 Å². The number of fused-ring (bicyclic) bond motifs is 1. The molecule has 11 heteroatoms. The zero-order valence-electron chi connectivity index (χ0n) is 23.2. The number of anilines is 2. The van der Waals surface area contributed by atoms with Crippen LogP contribution in [0.15, 0.2) is 72.8 Å². The lowest BCUT2D eigenvalue weighted by molar-refractivity contribution is -0.138. The van der Waals surface area contributed by atoms with Crippen LogP contribution in [0.4, 0.5) is 20.6 Å². The Morgan fingerprint density at radius 2 is 1.74 bits per heavy atom. The van der Waals surface area contributed by atoms with Gasteiger partial charge in [0.15, 0.2) is 5.82 Å². The first-order valence-corrected chi connectivity index (χ1v) is 14.2. The molecule has 10 nitrogen and oxygen atoms in total. The standard InChI is InChI=1S/C32H30FN5O5/c33-27-23-18-21(12-15-24(23)35-28(27)20-10-13-22(14-11-20)37-16-5-9-26(37)39)34-30(40)25-8-4-17-38(25)31(41)29(36-32(42)43)19-6-2-1-3-7-19/h1-3,6-7,10-15,18,25,29,35-36H,4-5,8-9,16-17H2,(H,34,40)(H,42,43)/t25-,29?/m0/s1.